The van der Waals surface area contributed by atoms with Crippen molar-refractivity contribution in [2.45, 2.75) is 33.1 Å². The van der Waals surface area contributed by atoms with Gasteiger partial charge in [0.2, 0.25) is 0 Å². The molecule has 0 unspecified atom stereocenters. The van der Waals surface area contributed by atoms with Gasteiger partial charge in [0.05, 0.1) is 12.2 Å². The summed E-state index contributed by atoms with van der Waals surface area (Å²) in [5, 5.41) is 9.08. The number of unbranched alkanes of at least 4 members (excludes halogenated alkanes) is 1. The average Bonchev–Trinajstić information content (AvgIpc) is 3.06. The predicted molar refractivity (Wildman–Crippen MR) is 174 cm³/mol. The Morgan fingerprint density at radius 1 is 0.727 bits per heavy atom. The summed E-state index contributed by atoms with van der Waals surface area (Å²) >= 11 is 0. The SMILES string of the molecule is C=C(C)C(=O)Oc1ccc(-c2ccc(OCCOC(=O)C(=C)CO)c(-c3ccc(-c4ccc(CCCC)cc4)cc3)c2)cc1. The van der Waals surface area contributed by atoms with Crippen LogP contribution in [0.5, 0.6) is 11.5 Å². The Labute approximate surface area is 259 Å². The highest BCUT2D eigenvalue weighted by atomic mass is 16.6. The molecule has 0 aliphatic heterocycles. The first-order valence-electron chi connectivity index (χ1n) is 14.7. The van der Waals surface area contributed by atoms with Crippen molar-refractivity contribution in [1.82, 2.24) is 0 Å². The van der Waals surface area contributed by atoms with E-state index in [2.05, 4.69) is 68.6 Å². The smallest absolute Gasteiger partial charge is 0.338 e. The molecule has 4 rings (SSSR count). The van der Waals surface area contributed by atoms with E-state index < -0.39 is 18.5 Å². The molecule has 0 aromatic heterocycles. The molecule has 4 aromatic carbocycles. The second-order valence-corrected chi connectivity index (χ2v) is 10.5. The highest BCUT2D eigenvalue weighted by Gasteiger charge is 2.13. The first-order chi connectivity index (χ1) is 21.3. The molecule has 0 saturated carbocycles. The molecule has 0 aliphatic rings. The van der Waals surface area contributed by atoms with Gasteiger partial charge >= 0.3 is 11.9 Å². The van der Waals surface area contributed by atoms with E-state index in [1.165, 1.54) is 18.4 Å². The number of ether oxygens (including phenoxy) is 3. The standard InChI is InChI=1S/C38H38O6/c1-5-6-7-28-8-10-29(11-9-28)30-12-14-32(15-13-30)35-24-33(31-16-19-34(20-17-31)44-37(40)26(2)3)18-21-36(35)42-22-23-43-38(41)27(4)25-39/h8-21,24,39H,2,4-7,22-23,25H2,1,3H3. The minimum Gasteiger partial charge on any atom is -0.489 e. The molecule has 0 fully saturated rings. The van der Waals surface area contributed by atoms with Crippen LogP contribution in [0.1, 0.15) is 32.3 Å². The molecule has 6 heteroatoms. The van der Waals surface area contributed by atoms with E-state index in [0.717, 1.165) is 39.8 Å². The molecule has 0 amide bonds. The van der Waals surface area contributed by atoms with Crippen molar-refractivity contribution in [3.05, 3.63) is 121 Å². The molecule has 226 valence electrons. The molecule has 0 saturated heterocycles. The van der Waals surface area contributed by atoms with Gasteiger partial charge < -0.3 is 19.3 Å². The first kappa shape index (κ1) is 32.0. The van der Waals surface area contributed by atoms with Crippen molar-refractivity contribution in [2.24, 2.45) is 0 Å². The van der Waals surface area contributed by atoms with Gasteiger partial charge in [0.1, 0.15) is 24.7 Å². The lowest BCUT2D eigenvalue weighted by Crippen LogP contribution is -2.15. The number of aryl methyl sites for hydroxylation is 1. The zero-order valence-corrected chi connectivity index (χ0v) is 25.3. The van der Waals surface area contributed by atoms with Crippen LogP contribution in [0.4, 0.5) is 0 Å². The average molecular weight is 591 g/mol. The summed E-state index contributed by atoms with van der Waals surface area (Å²) in [6.07, 6.45) is 3.45. The number of hydrogen-bond donors (Lipinski definition) is 1. The molecule has 0 atom stereocenters. The van der Waals surface area contributed by atoms with Gasteiger partial charge in [-0.2, -0.15) is 0 Å². The molecule has 0 bridgehead atoms. The zero-order chi connectivity index (χ0) is 31.5. The van der Waals surface area contributed by atoms with E-state index in [4.69, 9.17) is 19.3 Å². The fourth-order valence-corrected chi connectivity index (χ4v) is 4.51. The normalized spacial score (nSPS) is 10.6. The maximum Gasteiger partial charge on any atom is 0.338 e. The number of aliphatic hydroxyl groups is 1. The lowest BCUT2D eigenvalue weighted by molar-refractivity contribution is -0.140. The monoisotopic (exact) mass is 590 g/mol. The molecule has 4 aromatic rings. The third-order valence-corrected chi connectivity index (χ3v) is 7.08. The third-order valence-electron chi connectivity index (χ3n) is 7.08. The lowest BCUT2D eigenvalue weighted by Gasteiger charge is -2.15. The second-order valence-electron chi connectivity index (χ2n) is 10.5. The Balaban J connectivity index is 1.58. The Kier molecular flexibility index (Phi) is 11.3. The number of rotatable bonds is 14. The van der Waals surface area contributed by atoms with Crippen molar-refractivity contribution >= 4 is 11.9 Å². The minimum atomic E-state index is -0.655. The minimum absolute atomic E-state index is 0.00820. The van der Waals surface area contributed by atoms with Gasteiger partial charge in [0.25, 0.3) is 0 Å². The molecule has 0 heterocycles. The van der Waals surface area contributed by atoms with Crippen LogP contribution in [0.2, 0.25) is 0 Å². The highest BCUT2D eigenvalue weighted by molar-refractivity contribution is 5.89. The Morgan fingerprint density at radius 2 is 1.30 bits per heavy atom. The number of hydrogen-bond acceptors (Lipinski definition) is 6. The molecule has 6 nitrogen and oxygen atoms in total. The van der Waals surface area contributed by atoms with Crippen LogP contribution in [0.3, 0.4) is 0 Å². The topological polar surface area (TPSA) is 82.1 Å². The van der Waals surface area contributed by atoms with E-state index in [-0.39, 0.29) is 18.8 Å². The summed E-state index contributed by atoms with van der Waals surface area (Å²) in [5.74, 6) is -0.0537. The van der Waals surface area contributed by atoms with Crippen LogP contribution >= 0.6 is 0 Å². The van der Waals surface area contributed by atoms with E-state index in [1.807, 2.05) is 30.3 Å². The van der Waals surface area contributed by atoms with Gasteiger partial charge in [0, 0.05) is 11.1 Å². The van der Waals surface area contributed by atoms with E-state index in [9.17, 15) is 9.59 Å². The summed E-state index contributed by atoms with van der Waals surface area (Å²) < 4.78 is 16.5. The van der Waals surface area contributed by atoms with Gasteiger partial charge in [-0.15, -0.1) is 0 Å². The van der Waals surface area contributed by atoms with Crippen LogP contribution < -0.4 is 9.47 Å². The first-order valence-corrected chi connectivity index (χ1v) is 14.7. The van der Waals surface area contributed by atoms with Crippen molar-refractivity contribution in [2.75, 3.05) is 19.8 Å². The molecule has 1 N–H and O–H groups in total. The predicted octanol–water partition coefficient (Wildman–Crippen LogP) is 7.98. The Morgan fingerprint density at radius 3 is 1.91 bits per heavy atom. The number of benzene rings is 4. The fraction of sp³-hybridized carbons (Fsp3) is 0.211. The van der Waals surface area contributed by atoms with Crippen molar-refractivity contribution in [1.29, 1.82) is 0 Å². The van der Waals surface area contributed by atoms with Crippen LogP contribution in [0.15, 0.2) is 115 Å². The van der Waals surface area contributed by atoms with Crippen LogP contribution in [0, 0.1) is 0 Å². The van der Waals surface area contributed by atoms with E-state index in [1.54, 1.807) is 19.1 Å². The van der Waals surface area contributed by atoms with Gasteiger partial charge in [-0.3, -0.25) is 0 Å². The maximum atomic E-state index is 11.9. The van der Waals surface area contributed by atoms with Gasteiger partial charge in [0.15, 0.2) is 0 Å². The highest BCUT2D eigenvalue weighted by Crippen LogP contribution is 2.36. The molecule has 0 radical (unpaired) electrons. The Hall–Kier alpha value is -4.94. The fourth-order valence-electron chi connectivity index (χ4n) is 4.51. The van der Waals surface area contributed by atoms with Gasteiger partial charge in [-0.05, 0) is 77.4 Å². The number of carbonyl (C=O) groups is 2. The number of esters is 2. The van der Waals surface area contributed by atoms with E-state index in [0.29, 0.717) is 17.1 Å². The van der Waals surface area contributed by atoms with Gasteiger partial charge in [-0.1, -0.05) is 93.2 Å². The summed E-state index contributed by atoms with van der Waals surface area (Å²) in [7, 11) is 0. The number of carbonyl (C=O) groups excluding carboxylic acids is 2. The number of aliphatic hydroxyl groups excluding tert-OH is 1. The van der Waals surface area contributed by atoms with Crippen molar-refractivity contribution in [3.63, 3.8) is 0 Å². The maximum absolute atomic E-state index is 11.9. The molecular formula is C38H38O6. The van der Waals surface area contributed by atoms with Crippen LogP contribution in [0.25, 0.3) is 33.4 Å². The quantitative estimate of drug-likeness (QED) is 0.0694. The third kappa shape index (κ3) is 8.55. The van der Waals surface area contributed by atoms with Crippen LogP contribution in [-0.4, -0.2) is 36.9 Å². The van der Waals surface area contributed by atoms with Crippen molar-refractivity contribution in [3.8, 4) is 44.9 Å². The summed E-state index contributed by atoms with van der Waals surface area (Å²) in [6, 6.07) is 30.2. The van der Waals surface area contributed by atoms with E-state index >= 15 is 0 Å². The molecular weight excluding hydrogens is 552 g/mol. The molecule has 44 heavy (non-hydrogen) atoms. The second kappa shape index (κ2) is 15.5. The van der Waals surface area contributed by atoms with Crippen molar-refractivity contribution < 1.29 is 28.9 Å². The van der Waals surface area contributed by atoms with Gasteiger partial charge in [-0.25, -0.2) is 9.59 Å². The summed E-state index contributed by atoms with van der Waals surface area (Å²) in [6.45, 7) is 10.6. The Bertz CT molecular complexity index is 1600. The molecule has 0 spiro atoms. The van der Waals surface area contributed by atoms with Crippen LogP contribution in [-0.2, 0) is 20.7 Å². The molecule has 0 aliphatic carbocycles. The summed E-state index contributed by atoms with van der Waals surface area (Å²) in [4.78, 5) is 23.7. The largest absolute Gasteiger partial charge is 0.489 e. The lowest BCUT2D eigenvalue weighted by atomic mass is 9.96. The summed E-state index contributed by atoms with van der Waals surface area (Å²) in [5.41, 5.74) is 7.65. The zero-order valence-electron chi connectivity index (χ0n) is 25.3.